The Balaban J connectivity index is 1.84. The molecule has 1 saturated heterocycles. The summed E-state index contributed by atoms with van der Waals surface area (Å²) in [6.07, 6.45) is 0.977. The molecule has 2 aliphatic rings. The van der Waals surface area contributed by atoms with Crippen LogP contribution in [0.2, 0.25) is 0 Å². The van der Waals surface area contributed by atoms with E-state index in [-0.39, 0.29) is 17.2 Å². The fourth-order valence-electron chi connectivity index (χ4n) is 4.45. The van der Waals surface area contributed by atoms with Gasteiger partial charge in [0.25, 0.3) is 0 Å². The maximum atomic E-state index is 11.2. The van der Waals surface area contributed by atoms with E-state index in [0.29, 0.717) is 5.56 Å². The molecular formula is C21H24N2O3. The monoisotopic (exact) mass is 352 g/mol. The predicted octanol–water partition coefficient (Wildman–Crippen LogP) is 4.52. The molecule has 2 aliphatic heterocycles. The zero-order chi connectivity index (χ0) is 18.7. The Labute approximate surface area is 153 Å². The molecule has 5 nitrogen and oxygen atoms in total. The van der Waals surface area contributed by atoms with E-state index >= 15 is 0 Å². The van der Waals surface area contributed by atoms with Crippen LogP contribution in [0.15, 0.2) is 42.5 Å². The summed E-state index contributed by atoms with van der Waals surface area (Å²) in [5.41, 5.74) is 7.72. The van der Waals surface area contributed by atoms with Crippen molar-refractivity contribution in [1.29, 1.82) is 0 Å². The minimum absolute atomic E-state index is 0.00524. The molecule has 0 amide bonds. The third-order valence-corrected chi connectivity index (χ3v) is 5.38. The van der Waals surface area contributed by atoms with Gasteiger partial charge in [-0.25, -0.2) is 4.79 Å². The molecule has 0 aliphatic carbocycles. The summed E-state index contributed by atoms with van der Waals surface area (Å²) in [6, 6.07) is 13.6. The molecule has 2 N–H and O–H groups in total. The zero-order valence-electron chi connectivity index (χ0n) is 15.5. The van der Waals surface area contributed by atoms with Crippen molar-refractivity contribution in [1.82, 2.24) is 5.48 Å². The summed E-state index contributed by atoms with van der Waals surface area (Å²) < 4.78 is 0. The van der Waals surface area contributed by atoms with E-state index in [9.17, 15) is 9.90 Å². The molecule has 1 atom stereocenters. The molecule has 0 bridgehead atoms. The highest BCUT2D eigenvalue weighted by Gasteiger charge is 2.43. The number of carbonyl (C=O) groups is 1. The van der Waals surface area contributed by atoms with Gasteiger partial charge in [0.15, 0.2) is 6.23 Å². The Hall–Kier alpha value is -2.37. The highest BCUT2D eigenvalue weighted by molar-refractivity contribution is 5.88. The second kappa shape index (κ2) is 5.56. The van der Waals surface area contributed by atoms with Crippen molar-refractivity contribution in [2.24, 2.45) is 0 Å². The number of fused-ring (bicyclic) bond motifs is 1. The van der Waals surface area contributed by atoms with Gasteiger partial charge < -0.3 is 10.0 Å². The van der Waals surface area contributed by atoms with Crippen LogP contribution >= 0.6 is 0 Å². The molecule has 1 fully saturated rings. The van der Waals surface area contributed by atoms with E-state index in [0.717, 1.165) is 17.7 Å². The van der Waals surface area contributed by atoms with Crippen molar-refractivity contribution in [3.63, 3.8) is 0 Å². The van der Waals surface area contributed by atoms with Gasteiger partial charge >= 0.3 is 5.97 Å². The summed E-state index contributed by atoms with van der Waals surface area (Å²) in [5.74, 6) is -0.905. The molecule has 136 valence electrons. The Kier molecular flexibility index (Phi) is 3.65. The van der Waals surface area contributed by atoms with Gasteiger partial charge in [-0.15, -0.1) is 0 Å². The van der Waals surface area contributed by atoms with Gasteiger partial charge in [0, 0.05) is 16.9 Å². The fourth-order valence-corrected chi connectivity index (χ4v) is 4.45. The minimum Gasteiger partial charge on any atom is -0.478 e. The second-order valence-electron chi connectivity index (χ2n) is 8.45. The molecule has 2 heterocycles. The largest absolute Gasteiger partial charge is 0.478 e. The highest BCUT2D eigenvalue weighted by atomic mass is 16.8. The van der Waals surface area contributed by atoms with E-state index in [1.165, 1.54) is 11.3 Å². The minimum atomic E-state index is -0.905. The van der Waals surface area contributed by atoms with Crippen molar-refractivity contribution >= 4 is 17.3 Å². The van der Waals surface area contributed by atoms with Gasteiger partial charge in [-0.05, 0) is 73.2 Å². The molecular weight excluding hydrogens is 328 g/mol. The van der Waals surface area contributed by atoms with Crippen LogP contribution in [0.4, 0.5) is 11.4 Å². The Morgan fingerprint density at radius 3 is 2.38 bits per heavy atom. The number of hydroxylamine groups is 1. The SMILES string of the molecule is CC1(C)CC(C)(C)N(c2ccc(C(=O)O)cc2)c2ccc(C3NO3)cc21. The van der Waals surface area contributed by atoms with Gasteiger partial charge in [-0.2, -0.15) is 5.48 Å². The van der Waals surface area contributed by atoms with E-state index in [4.69, 9.17) is 4.84 Å². The lowest BCUT2D eigenvalue weighted by Crippen LogP contribution is -2.49. The quantitative estimate of drug-likeness (QED) is 0.795. The first-order valence-electron chi connectivity index (χ1n) is 8.88. The lowest BCUT2D eigenvalue weighted by molar-refractivity contribution is 0.0697. The Morgan fingerprint density at radius 1 is 1.15 bits per heavy atom. The number of carboxylic acids is 1. The van der Waals surface area contributed by atoms with Gasteiger partial charge in [0.05, 0.1) is 5.56 Å². The van der Waals surface area contributed by atoms with Gasteiger partial charge in [-0.1, -0.05) is 19.9 Å². The standard InChI is InChI=1S/C21H24N2O3/c1-20(2)12-21(3,4)23(15-8-5-13(6-9-15)19(24)25)17-10-7-14(11-16(17)20)18-22-26-18/h5-11,18,22H,12H2,1-4H3,(H,24,25). The smallest absolute Gasteiger partial charge is 0.335 e. The van der Waals surface area contributed by atoms with Crippen molar-refractivity contribution < 1.29 is 14.7 Å². The lowest BCUT2D eigenvalue weighted by atomic mass is 9.69. The fraction of sp³-hybridized carbons (Fsp3) is 0.381. The summed E-state index contributed by atoms with van der Waals surface area (Å²) in [5, 5.41) is 9.17. The average molecular weight is 352 g/mol. The van der Waals surface area contributed by atoms with Crippen molar-refractivity contribution in [2.45, 2.75) is 51.3 Å². The molecule has 0 radical (unpaired) electrons. The van der Waals surface area contributed by atoms with Crippen LogP contribution in [0.5, 0.6) is 0 Å². The van der Waals surface area contributed by atoms with Gasteiger partial charge in [0.1, 0.15) is 0 Å². The normalized spacial score (nSPS) is 22.6. The molecule has 26 heavy (non-hydrogen) atoms. The maximum Gasteiger partial charge on any atom is 0.335 e. The van der Waals surface area contributed by atoms with E-state index in [1.54, 1.807) is 12.1 Å². The number of hydrogen-bond donors (Lipinski definition) is 2. The van der Waals surface area contributed by atoms with Crippen LogP contribution in [0, 0.1) is 0 Å². The van der Waals surface area contributed by atoms with E-state index < -0.39 is 5.97 Å². The number of nitrogens with one attached hydrogen (secondary N) is 1. The Morgan fingerprint density at radius 2 is 1.81 bits per heavy atom. The third-order valence-electron chi connectivity index (χ3n) is 5.38. The average Bonchev–Trinajstić information content (AvgIpc) is 3.38. The first kappa shape index (κ1) is 17.1. The van der Waals surface area contributed by atoms with Crippen LogP contribution in [0.3, 0.4) is 0 Å². The first-order valence-corrected chi connectivity index (χ1v) is 8.88. The Bertz CT molecular complexity index is 867. The van der Waals surface area contributed by atoms with Crippen LogP contribution in [-0.2, 0) is 10.3 Å². The number of carboxylic acid groups (broad SMARTS) is 1. The summed E-state index contributed by atoms with van der Waals surface area (Å²) >= 11 is 0. The van der Waals surface area contributed by atoms with Crippen LogP contribution in [0.1, 0.15) is 61.8 Å². The summed E-state index contributed by atoms with van der Waals surface area (Å²) in [6.45, 7) is 9.04. The molecule has 5 heteroatoms. The summed E-state index contributed by atoms with van der Waals surface area (Å²) in [4.78, 5) is 18.7. The zero-order valence-corrected chi connectivity index (χ0v) is 15.5. The van der Waals surface area contributed by atoms with Crippen molar-refractivity contribution in [3.8, 4) is 0 Å². The molecule has 1 unspecified atom stereocenters. The predicted molar refractivity (Wildman–Crippen MR) is 101 cm³/mol. The third kappa shape index (κ3) is 2.77. The highest BCUT2D eigenvalue weighted by Crippen LogP contribution is 2.50. The molecule has 0 saturated carbocycles. The van der Waals surface area contributed by atoms with E-state index in [2.05, 4.69) is 56.3 Å². The molecule has 2 aromatic rings. The van der Waals surface area contributed by atoms with Crippen LogP contribution in [-0.4, -0.2) is 16.6 Å². The molecule has 0 aromatic heterocycles. The van der Waals surface area contributed by atoms with Gasteiger partial charge in [0.2, 0.25) is 0 Å². The summed E-state index contributed by atoms with van der Waals surface area (Å²) in [7, 11) is 0. The van der Waals surface area contributed by atoms with Crippen molar-refractivity contribution in [3.05, 3.63) is 59.2 Å². The first-order chi connectivity index (χ1) is 12.2. The number of hydrogen-bond acceptors (Lipinski definition) is 4. The second-order valence-corrected chi connectivity index (χ2v) is 8.45. The number of anilines is 2. The van der Waals surface area contributed by atoms with Gasteiger partial charge in [-0.3, -0.25) is 4.84 Å². The topological polar surface area (TPSA) is 75.0 Å². The van der Waals surface area contributed by atoms with Crippen molar-refractivity contribution in [2.75, 3.05) is 4.90 Å². The molecule has 2 aromatic carbocycles. The number of rotatable bonds is 3. The number of benzene rings is 2. The molecule has 4 rings (SSSR count). The molecule has 0 spiro atoms. The van der Waals surface area contributed by atoms with Crippen LogP contribution < -0.4 is 10.4 Å². The number of aromatic carboxylic acids is 1. The van der Waals surface area contributed by atoms with Crippen LogP contribution in [0.25, 0.3) is 0 Å². The number of nitrogens with zero attached hydrogens (tertiary/aromatic N) is 1. The maximum absolute atomic E-state index is 11.2. The van der Waals surface area contributed by atoms with E-state index in [1.807, 2.05) is 12.1 Å². The lowest BCUT2D eigenvalue weighted by Gasteiger charge is -2.51.